The zero-order valence-corrected chi connectivity index (χ0v) is 19.3. The molecule has 0 amide bonds. The van der Waals surface area contributed by atoms with Crippen molar-refractivity contribution in [3.8, 4) is 0 Å². The van der Waals surface area contributed by atoms with Crippen LogP contribution in [0.1, 0.15) is 40.7 Å². The predicted octanol–water partition coefficient (Wildman–Crippen LogP) is 2.65. The van der Waals surface area contributed by atoms with Gasteiger partial charge in [-0.05, 0) is 49.1 Å². The second-order valence-corrected chi connectivity index (χ2v) is 8.92. The maximum atomic E-state index is 13.4. The van der Waals surface area contributed by atoms with Crippen LogP contribution < -0.4 is 14.9 Å². The first kappa shape index (κ1) is 21.9. The van der Waals surface area contributed by atoms with Gasteiger partial charge >= 0.3 is 11.9 Å². The molecule has 164 valence electrons. The van der Waals surface area contributed by atoms with Gasteiger partial charge in [-0.15, -0.1) is 11.3 Å². The van der Waals surface area contributed by atoms with Gasteiger partial charge in [-0.3, -0.25) is 9.36 Å². The van der Waals surface area contributed by atoms with Gasteiger partial charge in [-0.25, -0.2) is 14.6 Å². The van der Waals surface area contributed by atoms with Crippen LogP contribution in [0, 0.1) is 0 Å². The highest BCUT2D eigenvalue weighted by atomic mass is 32.1. The lowest BCUT2D eigenvalue weighted by Crippen LogP contribution is -2.39. The monoisotopic (exact) mass is 468 g/mol. The molecule has 0 spiro atoms. The number of thiophene rings is 1. The van der Waals surface area contributed by atoms with Crippen molar-refractivity contribution in [2.75, 3.05) is 13.7 Å². The van der Waals surface area contributed by atoms with E-state index in [0.717, 1.165) is 4.88 Å². The molecule has 0 radical (unpaired) electrons. The Balaban J connectivity index is 1.92. The van der Waals surface area contributed by atoms with Gasteiger partial charge in [0.1, 0.15) is 0 Å². The molecule has 1 atom stereocenters. The van der Waals surface area contributed by atoms with E-state index in [2.05, 4.69) is 4.99 Å². The van der Waals surface area contributed by atoms with Crippen LogP contribution >= 0.6 is 22.7 Å². The van der Waals surface area contributed by atoms with E-state index in [1.165, 1.54) is 34.4 Å². The van der Waals surface area contributed by atoms with Crippen LogP contribution in [0.25, 0.3) is 6.08 Å². The number of nitrogens with zero attached hydrogens (tertiary/aromatic N) is 2. The Morgan fingerprint density at radius 1 is 1.19 bits per heavy atom. The van der Waals surface area contributed by atoms with Gasteiger partial charge in [0, 0.05) is 4.88 Å². The van der Waals surface area contributed by atoms with Gasteiger partial charge in [-0.1, -0.05) is 29.5 Å². The van der Waals surface area contributed by atoms with E-state index in [1.807, 2.05) is 23.6 Å². The van der Waals surface area contributed by atoms with E-state index in [1.54, 1.807) is 38.1 Å². The first-order valence-corrected chi connectivity index (χ1v) is 11.6. The first-order valence-electron chi connectivity index (χ1n) is 9.86. The number of rotatable bonds is 5. The van der Waals surface area contributed by atoms with Crippen molar-refractivity contribution >= 4 is 40.7 Å². The maximum Gasteiger partial charge on any atom is 0.338 e. The first-order chi connectivity index (χ1) is 15.4. The molecular weight excluding hydrogens is 448 g/mol. The third-order valence-electron chi connectivity index (χ3n) is 4.98. The van der Waals surface area contributed by atoms with Gasteiger partial charge in [0.2, 0.25) is 0 Å². The van der Waals surface area contributed by atoms with Crippen molar-refractivity contribution in [3.63, 3.8) is 0 Å². The minimum absolute atomic E-state index is 0.201. The summed E-state index contributed by atoms with van der Waals surface area (Å²) in [5.74, 6) is -0.989. The average Bonchev–Trinajstić information content (AvgIpc) is 3.41. The molecular formula is C23H20N2O5S2. The summed E-state index contributed by atoms with van der Waals surface area (Å²) in [6.07, 6.45) is 1.83. The molecule has 3 aromatic rings. The second-order valence-electron chi connectivity index (χ2n) is 6.93. The third kappa shape index (κ3) is 3.96. The van der Waals surface area contributed by atoms with E-state index >= 15 is 0 Å². The molecule has 0 N–H and O–H groups in total. The van der Waals surface area contributed by atoms with Gasteiger partial charge in [0.05, 0.1) is 41.1 Å². The Labute approximate surface area is 191 Å². The van der Waals surface area contributed by atoms with Crippen LogP contribution in [0.15, 0.2) is 62.8 Å². The fourth-order valence-electron chi connectivity index (χ4n) is 3.53. The molecule has 3 heterocycles. The SMILES string of the molecule is CCOC(=O)C1=C(C)N=c2sc(=Cc3cccs3)c(=O)n2C1c1ccc(C(=O)OC)cc1. The van der Waals surface area contributed by atoms with Crippen LogP contribution in [0.4, 0.5) is 0 Å². The molecule has 1 aliphatic rings. The number of carbonyl (C=O) groups is 2. The standard InChI is InChI=1S/C23H20N2O5S2/c1-4-30-22(28)18-13(2)24-23-25(20(26)17(32-23)12-16-6-5-11-31-16)19(18)14-7-9-15(10-8-14)21(27)29-3/h5-12,19H,4H2,1-3H3. The topological polar surface area (TPSA) is 87.0 Å². The smallest absolute Gasteiger partial charge is 0.338 e. The summed E-state index contributed by atoms with van der Waals surface area (Å²) < 4.78 is 12.1. The number of esters is 2. The van der Waals surface area contributed by atoms with Crippen LogP contribution in [-0.2, 0) is 14.3 Å². The van der Waals surface area contributed by atoms with E-state index in [4.69, 9.17) is 9.47 Å². The van der Waals surface area contributed by atoms with E-state index in [9.17, 15) is 14.4 Å². The molecule has 1 aromatic carbocycles. The van der Waals surface area contributed by atoms with Crippen molar-refractivity contribution in [3.05, 3.63) is 88.7 Å². The highest BCUT2D eigenvalue weighted by molar-refractivity contribution is 7.11. The number of methoxy groups -OCH3 is 1. The largest absolute Gasteiger partial charge is 0.465 e. The number of carbonyl (C=O) groups excluding carboxylic acids is 2. The highest BCUT2D eigenvalue weighted by Crippen LogP contribution is 2.31. The minimum atomic E-state index is -0.720. The normalized spacial score (nSPS) is 15.8. The summed E-state index contributed by atoms with van der Waals surface area (Å²) in [6.45, 7) is 3.66. The zero-order chi connectivity index (χ0) is 22.8. The van der Waals surface area contributed by atoms with Crippen LogP contribution in [-0.4, -0.2) is 30.2 Å². The lowest BCUT2D eigenvalue weighted by Gasteiger charge is -2.24. The van der Waals surface area contributed by atoms with Crippen molar-refractivity contribution in [2.45, 2.75) is 19.9 Å². The number of hydrogen-bond acceptors (Lipinski definition) is 8. The lowest BCUT2D eigenvalue weighted by atomic mass is 9.95. The molecule has 4 rings (SSSR count). The summed E-state index contributed by atoms with van der Waals surface area (Å²) in [5, 5.41) is 1.94. The van der Waals surface area contributed by atoms with Crippen LogP contribution in [0.5, 0.6) is 0 Å². The number of thiazole rings is 1. The fraction of sp³-hybridized carbons (Fsp3) is 0.217. The molecule has 0 saturated heterocycles. The van der Waals surface area contributed by atoms with Crippen molar-refractivity contribution in [2.24, 2.45) is 4.99 Å². The Hall–Kier alpha value is -3.30. The lowest BCUT2D eigenvalue weighted by molar-refractivity contribution is -0.139. The van der Waals surface area contributed by atoms with Crippen molar-refractivity contribution in [1.82, 2.24) is 4.57 Å². The average molecular weight is 469 g/mol. The number of hydrogen-bond donors (Lipinski definition) is 0. The zero-order valence-electron chi connectivity index (χ0n) is 17.7. The molecule has 0 bridgehead atoms. The van der Waals surface area contributed by atoms with E-state index < -0.39 is 18.0 Å². The molecule has 1 aliphatic heterocycles. The van der Waals surface area contributed by atoms with Crippen LogP contribution in [0.3, 0.4) is 0 Å². The molecule has 0 aliphatic carbocycles. The minimum Gasteiger partial charge on any atom is -0.465 e. The number of allylic oxidation sites excluding steroid dienone is 1. The maximum absolute atomic E-state index is 13.4. The summed E-state index contributed by atoms with van der Waals surface area (Å²) in [4.78, 5) is 44.1. The Morgan fingerprint density at radius 3 is 2.56 bits per heavy atom. The van der Waals surface area contributed by atoms with E-state index in [-0.39, 0.29) is 12.2 Å². The summed E-state index contributed by atoms with van der Waals surface area (Å²) >= 11 is 2.81. The number of aromatic nitrogens is 1. The van der Waals surface area contributed by atoms with Gasteiger partial charge in [-0.2, -0.15) is 0 Å². The Kier molecular flexibility index (Phi) is 6.20. The second kappa shape index (κ2) is 9.05. The molecule has 1 unspecified atom stereocenters. The van der Waals surface area contributed by atoms with Gasteiger partial charge < -0.3 is 9.47 Å². The van der Waals surface area contributed by atoms with Gasteiger partial charge in [0.15, 0.2) is 4.80 Å². The fourth-order valence-corrected chi connectivity index (χ4v) is 5.30. The van der Waals surface area contributed by atoms with E-state index in [0.29, 0.717) is 31.7 Å². The van der Waals surface area contributed by atoms with Gasteiger partial charge in [0.25, 0.3) is 5.56 Å². The Bertz CT molecular complexity index is 1380. The molecule has 32 heavy (non-hydrogen) atoms. The highest BCUT2D eigenvalue weighted by Gasteiger charge is 2.33. The molecule has 7 nitrogen and oxygen atoms in total. The molecule has 9 heteroatoms. The predicted molar refractivity (Wildman–Crippen MR) is 122 cm³/mol. The number of ether oxygens (including phenoxy) is 2. The van der Waals surface area contributed by atoms with Crippen molar-refractivity contribution in [1.29, 1.82) is 0 Å². The summed E-state index contributed by atoms with van der Waals surface area (Å²) in [6, 6.07) is 9.78. The van der Waals surface area contributed by atoms with Crippen LogP contribution in [0.2, 0.25) is 0 Å². The van der Waals surface area contributed by atoms with Crippen molar-refractivity contribution < 1.29 is 19.1 Å². The third-order valence-corrected chi connectivity index (χ3v) is 6.78. The number of fused-ring (bicyclic) bond motifs is 1. The Morgan fingerprint density at radius 2 is 1.94 bits per heavy atom. The summed E-state index contributed by atoms with van der Waals surface area (Å²) in [7, 11) is 1.31. The molecule has 0 saturated carbocycles. The number of benzene rings is 1. The molecule has 2 aromatic heterocycles. The quantitative estimate of drug-likeness (QED) is 0.538. The summed E-state index contributed by atoms with van der Waals surface area (Å²) in [5.41, 5.74) is 1.60. The molecule has 0 fully saturated rings.